The molecule has 0 aliphatic heterocycles. The van der Waals surface area contributed by atoms with E-state index in [2.05, 4.69) is 10.3 Å². The van der Waals surface area contributed by atoms with Crippen molar-refractivity contribution >= 4 is 17.9 Å². The molecule has 0 aromatic carbocycles. The van der Waals surface area contributed by atoms with Crippen LogP contribution in [0.2, 0.25) is 0 Å². The highest BCUT2D eigenvalue weighted by Crippen LogP contribution is 2.15. The number of carboxylic acid groups (broad SMARTS) is 1. The molecule has 1 amide bonds. The van der Waals surface area contributed by atoms with Crippen molar-refractivity contribution in [2.24, 2.45) is 0 Å². The Balaban J connectivity index is 2.59. The number of hydrogen-bond donors (Lipinski definition) is 3. The molecule has 0 saturated carbocycles. The van der Waals surface area contributed by atoms with Crippen molar-refractivity contribution in [2.75, 3.05) is 5.73 Å². The van der Waals surface area contributed by atoms with Crippen LogP contribution in [0.1, 0.15) is 51.7 Å². The predicted octanol–water partition coefficient (Wildman–Crippen LogP) is 2.53. The Morgan fingerprint density at radius 1 is 1.38 bits per heavy atom. The monoisotopic (exact) mass is 337 g/mol. The maximum atomic E-state index is 11.7. The van der Waals surface area contributed by atoms with Gasteiger partial charge in [0.1, 0.15) is 17.5 Å². The van der Waals surface area contributed by atoms with Crippen LogP contribution >= 0.6 is 0 Å². The first-order valence-corrected chi connectivity index (χ1v) is 8.08. The van der Waals surface area contributed by atoms with Gasteiger partial charge >= 0.3 is 12.1 Å². The third-order valence-corrected chi connectivity index (χ3v) is 3.41. The standard InChI is InChI=1S/C17H27N3O4/c1-5-11-9-14(18)19-10-12(11)7-6-8-13(15(21)22)20-16(23)24-17(2,3)4/h9-10,13H,5-8H2,1-4H3,(H2,18,19)(H,20,23)(H,21,22). The molecule has 0 radical (unpaired) electrons. The van der Waals surface area contributed by atoms with Gasteiger partial charge in [-0.15, -0.1) is 0 Å². The number of aliphatic carboxylic acids is 1. The summed E-state index contributed by atoms with van der Waals surface area (Å²) in [6, 6.07) is 0.856. The quantitative estimate of drug-likeness (QED) is 0.704. The number of alkyl carbamates (subject to hydrolysis) is 1. The molecule has 24 heavy (non-hydrogen) atoms. The molecule has 1 heterocycles. The molecule has 7 heteroatoms. The Labute approximate surface area is 142 Å². The molecular weight excluding hydrogens is 310 g/mol. The zero-order valence-corrected chi connectivity index (χ0v) is 14.8. The van der Waals surface area contributed by atoms with Crippen LogP contribution in [0.4, 0.5) is 10.6 Å². The van der Waals surface area contributed by atoms with Crippen LogP contribution in [0.3, 0.4) is 0 Å². The van der Waals surface area contributed by atoms with Crippen molar-refractivity contribution in [3.8, 4) is 0 Å². The number of aryl methyl sites for hydroxylation is 2. The minimum Gasteiger partial charge on any atom is -0.480 e. The number of nitrogens with zero attached hydrogens (tertiary/aromatic N) is 1. The molecule has 1 rings (SSSR count). The molecule has 1 unspecified atom stereocenters. The van der Waals surface area contributed by atoms with Gasteiger partial charge in [-0.05, 0) is 63.6 Å². The van der Waals surface area contributed by atoms with Crippen molar-refractivity contribution in [1.82, 2.24) is 10.3 Å². The summed E-state index contributed by atoms with van der Waals surface area (Å²) in [6.45, 7) is 7.20. The minimum atomic E-state index is -1.08. The first-order valence-electron chi connectivity index (χ1n) is 8.08. The molecule has 7 nitrogen and oxygen atoms in total. The van der Waals surface area contributed by atoms with E-state index in [1.54, 1.807) is 27.0 Å². The number of aromatic nitrogens is 1. The van der Waals surface area contributed by atoms with Gasteiger partial charge in [0.15, 0.2) is 0 Å². The Morgan fingerprint density at radius 3 is 2.58 bits per heavy atom. The van der Waals surface area contributed by atoms with E-state index in [-0.39, 0.29) is 0 Å². The summed E-state index contributed by atoms with van der Waals surface area (Å²) in [5.41, 5.74) is 7.16. The highest BCUT2D eigenvalue weighted by atomic mass is 16.6. The van der Waals surface area contributed by atoms with Gasteiger partial charge in [0.05, 0.1) is 0 Å². The first-order chi connectivity index (χ1) is 11.1. The number of carbonyl (C=O) groups is 2. The number of nitrogen functional groups attached to an aromatic ring is 1. The van der Waals surface area contributed by atoms with Crippen molar-refractivity contribution in [3.05, 3.63) is 23.4 Å². The lowest BCUT2D eigenvalue weighted by atomic mass is 10.0. The molecular formula is C17H27N3O4. The highest BCUT2D eigenvalue weighted by molar-refractivity contribution is 5.79. The van der Waals surface area contributed by atoms with Crippen LogP contribution in [0.5, 0.6) is 0 Å². The Morgan fingerprint density at radius 2 is 2.04 bits per heavy atom. The summed E-state index contributed by atoms with van der Waals surface area (Å²) in [5.74, 6) is -0.599. The molecule has 0 saturated heterocycles. The van der Waals surface area contributed by atoms with Gasteiger partial charge < -0.3 is 20.9 Å². The number of nitrogens with one attached hydrogen (secondary N) is 1. The number of pyridine rings is 1. The van der Waals surface area contributed by atoms with Gasteiger partial charge in [-0.1, -0.05) is 6.92 Å². The molecule has 0 aliphatic rings. The third-order valence-electron chi connectivity index (χ3n) is 3.41. The second-order valence-electron chi connectivity index (χ2n) is 6.66. The summed E-state index contributed by atoms with van der Waals surface area (Å²) in [6.07, 6.45) is 3.42. The van der Waals surface area contributed by atoms with E-state index in [1.165, 1.54) is 0 Å². The lowest BCUT2D eigenvalue weighted by Crippen LogP contribution is -2.43. The minimum absolute atomic E-state index is 0.308. The van der Waals surface area contributed by atoms with Gasteiger partial charge in [0, 0.05) is 6.20 Å². The van der Waals surface area contributed by atoms with Crippen LogP contribution in [0.15, 0.2) is 12.3 Å². The molecule has 4 N–H and O–H groups in total. The molecule has 0 spiro atoms. The lowest BCUT2D eigenvalue weighted by Gasteiger charge is -2.22. The normalized spacial score (nSPS) is 12.5. The molecule has 0 fully saturated rings. The summed E-state index contributed by atoms with van der Waals surface area (Å²) in [5, 5.41) is 11.7. The third kappa shape index (κ3) is 6.85. The summed E-state index contributed by atoms with van der Waals surface area (Å²) >= 11 is 0. The fourth-order valence-corrected chi connectivity index (χ4v) is 2.30. The topological polar surface area (TPSA) is 115 Å². The smallest absolute Gasteiger partial charge is 0.408 e. The number of rotatable bonds is 7. The van der Waals surface area contributed by atoms with Gasteiger partial charge in [0.25, 0.3) is 0 Å². The van der Waals surface area contributed by atoms with Gasteiger partial charge in [-0.25, -0.2) is 14.6 Å². The number of anilines is 1. The second kappa shape index (κ2) is 8.52. The molecule has 1 aromatic rings. The number of amides is 1. The first kappa shape index (κ1) is 19.7. The average molecular weight is 337 g/mol. The van der Waals surface area contributed by atoms with Crippen LogP contribution < -0.4 is 11.1 Å². The van der Waals surface area contributed by atoms with E-state index in [0.29, 0.717) is 25.1 Å². The Hall–Kier alpha value is -2.31. The fraction of sp³-hybridized carbons (Fsp3) is 0.588. The largest absolute Gasteiger partial charge is 0.480 e. The van der Waals surface area contributed by atoms with Crippen LogP contribution in [-0.2, 0) is 22.4 Å². The molecule has 1 atom stereocenters. The Bertz CT molecular complexity index is 582. The molecule has 134 valence electrons. The summed E-state index contributed by atoms with van der Waals surface area (Å²) < 4.78 is 5.10. The maximum absolute atomic E-state index is 11.7. The zero-order chi connectivity index (χ0) is 18.3. The average Bonchev–Trinajstić information content (AvgIpc) is 2.45. The lowest BCUT2D eigenvalue weighted by molar-refractivity contribution is -0.139. The van der Waals surface area contributed by atoms with Gasteiger partial charge in [-0.2, -0.15) is 0 Å². The predicted molar refractivity (Wildman–Crippen MR) is 91.8 cm³/mol. The number of nitrogens with two attached hydrogens (primary N) is 1. The number of ether oxygens (including phenoxy) is 1. The van der Waals surface area contributed by atoms with Crippen LogP contribution in [0.25, 0.3) is 0 Å². The number of carbonyl (C=O) groups excluding carboxylic acids is 1. The SMILES string of the molecule is CCc1cc(N)ncc1CCCC(NC(=O)OC(C)(C)C)C(=O)O. The summed E-state index contributed by atoms with van der Waals surface area (Å²) in [7, 11) is 0. The summed E-state index contributed by atoms with van der Waals surface area (Å²) in [4.78, 5) is 27.1. The molecule has 1 aromatic heterocycles. The van der Waals surface area contributed by atoms with Crippen molar-refractivity contribution in [1.29, 1.82) is 0 Å². The van der Waals surface area contributed by atoms with E-state index in [1.807, 2.05) is 13.0 Å². The molecule has 0 aliphatic carbocycles. The maximum Gasteiger partial charge on any atom is 0.408 e. The highest BCUT2D eigenvalue weighted by Gasteiger charge is 2.23. The van der Waals surface area contributed by atoms with E-state index in [4.69, 9.17) is 10.5 Å². The van der Waals surface area contributed by atoms with Crippen LogP contribution in [0, 0.1) is 0 Å². The van der Waals surface area contributed by atoms with E-state index in [0.717, 1.165) is 17.5 Å². The van der Waals surface area contributed by atoms with Gasteiger partial charge in [0.2, 0.25) is 0 Å². The van der Waals surface area contributed by atoms with Gasteiger partial charge in [-0.3, -0.25) is 0 Å². The van der Waals surface area contributed by atoms with Crippen molar-refractivity contribution in [3.63, 3.8) is 0 Å². The number of carboxylic acids is 1. The van der Waals surface area contributed by atoms with Crippen molar-refractivity contribution < 1.29 is 19.4 Å². The van der Waals surface area contributed by atoms with E-state index in [9.17, 15) is 14.7 Å². The zero-order valence-electron chi connectivity index (χ0n) is 14.8. The molecule has 0 bridgehead atoms. The van der Waals surface area contributed by atoms with E-state index >= 15 is 0 Å². The van der Waals surface area contributed by atoms with E-state index < -0.39 is 23.7 Å². The van der Waals surface area contributed by atoms with Crippen LogP contribution in [-0.4, -0.2) is 33.8 Å². The number of hydrogen-bond acceptors (Lipinski definition) is 5. The van der Waals surface area contributed by atoms with Crippen molar-refractivity contribution in [2.45, 2.75) is 65.0 Å². The second-order valence-corrected chi connectivity index (χ2v) is 6.66. The Kier molecular flexibility index (Phi) is 7.00. The fourth-order valence-electron chi connectivity index (χ4n) is 2.30.